The van der Waals surface area contributed by atoms with Crippen molar-refractivity contribution in [3.05, 3.63) is 76.6 Å². The first-order chi connectivity index (χ1) is 13.3. The number of hydrogen-bond acceptors (Lipinski definition) is 5. The van der Waals surface area contributed by atoms with E-state index < -0.39 is 19.2 Å². The lowest BCUT2D eigenvalue weighted by Crippen LogP contribution is -2.30. The summed E-state index contributed by atoms with van der Waals surface area (Å²) in [6, 6.07) is 17.7. The number of halogens is 1. The van der Waals surface area contributed by atoms with Crippen molar-refractivity contribution in [2.45, 2.75) is 5.66 Å². The van der Waals surface area contributed by atoms with Crippen LogP contribution < -0.4 is 15.1 Å². The van der Waals surface area contributed by atoms with Crippen LogP contribution >= 0.6 is 30.5 Å². The zero-order valence-corrected chi connectivity index (χ0v) is 16.8. The zero-order chi connectivity index (χ0) is 19.9. The molecule has 0 radical (unpaired) electrons. The predicted octanol–water partition coefficient (Wildman–Crippen LogP) is 4.30. The summed E-state index contributed by atoms with van der Waals surface area (Å²) in [5.41, 5.74) is -1.28. The van der Waals surface area contributed by atoms with Gasteiger partial charge in [-0.25, -0.2) is 0 Å². The third-order valence-corrected chi connectivity index (χ3v) is 6.80. The number of thiophene rings is 1. The third kappa shape index (κ3) is 3.70. The lowest BCUT2D eigenvalue weighted by molar-refractivity contribution is -0.315. The second-order valence-corrected chi connectivity index (χ2v) is 9.27. The summed E-state index contributed by atoms with van der Waals surface area (Å²) >= 11 is 7.27. The Morgan fingerprint density at radius 2 is 1.79 bits per heavy atom. The normalized spacial score (nSPS) is 13.0. The van der Waals surface area contributed by atoms with E-state index in [0.717, 1.165) is 15.5 Å². The van der Waals surface area contributed by atoms with E-state index in [2.05, 4.69) is 5.32 Å². The van der Waals surface area contributed by atoms with E-state index in [4.69, 9.17) is 11.6 Å². The molecule has 1 N–H and O–H groups in total. The minimum Gasteiger partial charge on any atom is -0.810 e. The van der Waals surface area contributed by atoms with Crippen LogP contribution in [0.1, 0.15) is 11.2 Å². The number of fused-ring (bicyclic) bond motifs is 2. The molecule has 1 aromatic heterocycles. The molecular weight excluding hydrogens is 417 g/mol. The molecule has 0 fully saturated rings. The Labute approximate surface area is 169 Å². The first-order valence-electron chi connectivity index (χ1n) is 8.31. The van der Waals surface area contributed by atoms with Gasteiger partial charge in [0.2, 0.25) is 5.91 Å². The average Bonchev–Trinajstić information content (AvgIpc) is 3.03. The van der Waals surface area contributed by atoms with Crippen molar-refractivity contribution in [1.29, 1.82) is 0 Å². The summed E-state index contributed by atoms with van der Waals surface area (Å²) in [6.45, 7) is 0. The van der Waals surface area contributed by atoms with Crippen LogP contribution in [0.5, 0.6) is 0 Å². The van der Waals surface area contributed by atoms with E-state index in [1.807, 2.05) is 30.3 Å². The molecule has 0 aliphatic rings. The molecule has 0 saturated carbocycles. The van der Waals surface area contributed by atoms with Gasteiger partial charge in [0.1, 0.15) is 0 Å². The maximum absolute atomic E-state index is 12.8. The summed E-state index contributed by atoms with van der Waals surface area (Å²) in [5, 5.41) is 6.84. The number of rotatable bonds is 4. The lowest BCUT2D eigenvalue weighted by atomic mass is 10.1. The molecule has 0 unspecified atom stereocenters. The minimum atomic E-state index is -5.27. The topological polar surface area (TPSA) is 92.3 Å². The molecule has 0 bridgehead atoms. The number of nitrogens with one attached hydrogen (secondary N) is 1. The van der Waals surface area contributed by atoms with E-state index in [1.54, 1.807) is 30.3 Å². The van der Waals surface area contributed by atoms with Crippen molar-refractivity contribution < 1.29 is 19.1 Å². The van der Waals surface area contributed by atoms with E-state index in [-0.39, 0.29) is 5.56 Å². The highest BCUT2D eigenvalue weighted by Crippen LogP contribution is 2.49. The molecule has 142 valence electrons. The molecule has 4 rings (SSSR count). The van der Waals surface area contributed by atoms with Gasteiger partial charge in [-0.2, -0.15) is 0 Å². The van der Waals surface area contributed by atoms with Gasteiger partial charge in [0.15, 0.2) is 0 Å². The first-order valence-corrected chi connectivity index (χ1v) is 11.2. The van der Waals surface area contributed by atoms with Gasteiger partial charge in [-0.3, -0.25) is 4.79 Å². The molecule has 4 aromatic rings. The number of anilines is 1. The number of carbonyl (C=O) groups is 1. The largest absolute Gasteiger partial charge is 0.810 e. The summed E-state index contributed by atoms with van der Waals surface area (Å²) < 4.78 is 12.7. The highest BCUT2D eigenvalue weighted by atomic mass is 35.5. The van der Waals surface area contributed by atoms with Crippen molar-refractivity contribution in [3.8, 4) is 0 Å². The summed E-state index contributed by atoms with van der Waals surface area (Å²) in [5.74, 6) is -0.886. The van der Waals surface area contributed by atoms with E-state index >= 15 is 0 Å². The monoisotopic (exact) mass is 429 g/mol. The number of benzene rings is 3. The van der Waals surface area contributed by atoms with Crippen LogP contribution in [0.4, 0.5) is 5.69 Å². The Morgan fingerprint density at radius 1 is 1.04 bits per heavy atom. The van der Waals surface area contributed by atoms with Gasteiger partial charge >= 0.3 is 0 Å². The quantitative estimate of drug-likeness (QED) is 0.489. The van der Waals surface area contributed by atoms with Crippen LogP contribution in [-0.4, -0.2) is 5.91 Å². The Hall–Kier alpha value is -2.21. The second-order valence-electron chi connectivity index (χ2n) is 6.33. The summed E-state index contributed by atoms with van der Waals surface area (Å²) in [7, 11) is -5.27. The molecule has 1 heterocycles. The molecule has 5 nitrogen and oxygen atoms in total. The SMILES string of the molecule is O=C(Nc1ccc2ccccc2c1)[C@H](c1csc2ccc(Cl)cc12)P(=O)([O-])[O-]. The number of amides is 1. The minimum absolute atomic E-state index is 0.147. The highest BCUT2D eigenvalue weighted by molar-refractivity contribution is 7.50. The standard InChI is InChI=1S/C20H15ClNO4PS/c21-14-6-8-18-16(10-14)17(11-28-18)19(27(24,25)26)20(23)22-15-7-5-12-3-1-2-4-13(12)9-15/h1-11,19H,(H,22,23)(H2,24,25,26)/p-2/t19-/m0/s1. The summed E-state index contributed by atoms with van der Waals surface area (Å²) in [6.07, 6.45) is 0. The second kappa shape index (κ2) is 7.32. The predicted molar refractivity (Wildman–Crippen MR) is 110 cm³/mol. The van der Waals surface area contributed by atoms with Crippen LogP contribution in [0, 0.1) is 0 Å². The van der Waals surface area contributed by atoms with Gasteiger partial charge in [0.25, 0.3) is 0 Å². The fourth-order valence-corrected chi connectivity index (χ4v) is 5.31. The van der Waals surface area contributed by atoms with Gasteiger partial charge < -0.3 is 19.7 Å². The van der Waals surface area contributed by atoms with Gasteiger partial charge in [-0.15, -0.1) is 11.3 Å². The average molecular weight is 430 g/mol. The van der Waals surface area contributed by atoms with Crippen LogP contribution in [0.15, 0.2) is 66.0 Å². The van der Waals surface area contributed by atoms with Crippen LogP contribution in [-0.2, 0) is 9.36 Å². The van der Waals surface area contributed by atoms with Crippen molar-refractivity contribution in [3.63, 3.8) is 0 Å². The van der Waals surface area contributed by atoms with E-state index in [9.17, 15) is 19.1 Å². The van der Waals surface area contributed by atoms with Gasteiger partial charge in [-0.05, 0) is 57.4 Å². The molecule has 0 spiro atoms. The van der Waals surface area contributed by atoms with Crippen molar-refractivity contribution >= 4 is 63.0 Å². The zero-order valence-electron chi connectivity index (χ0n) is 14.3. The number of carbonyl (C=O) groups excluding carboxylic acids is 1. The molecule has 28 heavy (non-hydrogen) atoms. The van der Waals surface area contributed by atoms with Crippen LogP contribution in [0.2, 0.25) is 5.02 Å². The van der Waals surface area contributed by atoms with Gasteiger partial charge in [0, 0.05) is 15.4 Å². The number of hydrogen-bond donors (Lipinski definition) is 1. The highest BCUT2D eigenvalue weighted by Gasteiger charge is 2.27. The van der Waals surface area contributed by atoms with Crippen molar-refractivity contribution in [1.82, 2.24) is 0 Å². The molecule has 0 aliphatic heterocycles. The molecule has 1 atom stereocenters. The van der Waals surface area contributed by atoms with Gasteiger partial charge in [-0.1, -0.05) is 49.5 Å². The molecule has 1 amide bonds. The Bertz CT molecular complexity index is 1250. The lowest BCUT2D eigenvalue weighted by Gasteiger charge is -2.37. The Balaban J connectivity index is 1.73. The van der Waals surface area contributed by atoms with E-state index in [0.29, 0.717) is 16.1 Å². The summed E-state index contributed by atoms with van der Waals surface area (Å²) in [4.78, 5) is 36.8. The van der Waals surface area contributed by atoms with E-state index in [1.165, 1.54) is 16.7 Å². The van der Waals surface area contributed by atoms with Crippen LogP contribution in [0.25, 0.3) is 20.9 Å². The van der Waals surface area contributed by atoms with Gasteiger partial charge in [0.05, 0.1) is 5.66 Å². The molecule has 0 aliphatic carbocycles. The Morgan fingerprint density at radius 3 is 2.54 bits per heavy atom. The molecular formula is C20H13ClNO4PS-2. The molecule has 3 aromatic carbocycles. The fourth-order valence-electron chi connectivity index (χ4n) is 3.17. The molecule has 0 saturated heterocycles. The fraction of sp³-hybridized carbons (Fsp3) is 0.0500. The molecule has 8 heteroatoms. The Kier molecular flexibility index (Phi) is 5.00. The maximum Gasteiger partial charge on any atom is 0.237 e. The maximum atomic E-state index is 12.8. The first kappa shape index (κ1) is 19.1. The third-order valence-electron chi connectivity index (χ3n) is 4.44. The van der Waals surface area contributed by atoms with Crippen molar-refractivity contribution in [2.75, 3.05) is 5.32 Å². The smallest absolute Gasteiger partial charge is 0.237 e. The van der Waals surface area contributed by atoms with Crippen LogP contribution in [0.3, 0.4) is 0 Å². The van der Waals surface area contributed by atoms with Crippen molar-refractivity contribution in [2.24, 2.45) is 0 Å².